The number of ether oxygens (including phenoxy) is 1. The van der Waals surface area contributed by atoms with Crippen LogP contribution in [0.4, 0.5) is 0 Å². The van der Waals surface area contributed by atoms with Crippen LogP contribution < -0.4 is 0 Å². The molecular weight excluding hydrogens is 258 g/mol. The average molecular weight is 271 g/mol. The topological polar surface area (TPSA) is 83.9 Å². The van der Waals surface area contributed by atoms with Crippen LogP contribution in [0.15, 0.2) is 29.2 Å². The van der Waals surface area contributed by atoms with Crippen molar-refractivity contribution >= 4 is 16.0 Å². The summed E-state index contributed by atoms with van der Waals surface area (Å²) in [5.74, 6) is -1.26. The highest BCUT2D eigenvalue weighted by molar-refractivity contribution is 7.89. The Hall–Kier alpha value is -1.44. The molecule has 1 fully saturated rings. The summed E-state index contributed by atoms with van der Waals surface area (Å²) in [7, 11) is -3.81. The molecule has 1 aliphatic heterocycles. The number of aromatic carboxylic acids is 1. The molecule has 0 unspecified atom stereocenters. The monoisotopic (exact) mass is 271 g/mol. The van der Waals surface area contributed by atoms with Gasteiger partial charge < -0.3 is 9.84 Å². The van der Waals surface area contributed by atoms with E-state index in [9.17, 15) is 13.2 Å². The van der Waals surface area contributed by atoms with Gasteiger partial charge in [-0.2, -0.15) is 4.31 Å². The highest BCUT2D eigenvalue weighted by Crippen LogP contribution is 2.21. The van der Waals surface area contributed by atoms with Gasteiger partial charge in [0.05, 0.1) is 10.5 Å². The zero-order chi connectivity index (χ0) is 13.2. The summed E-state index contributed by atoms with van der Waals surface area (Å²) in [6.07, 6.45) is 0.606. The summed E-state index contributed by atoms with van der Waals surface area (Å²) in [5.41, 5.74) is -0.219. The number of carbonyl (C=O) groups is 1. The molecule has 1 heterocycles. The lowest BCUT2D eigenvalue weighted by molar-refractivity contribution is 0.0312. The minimum atomic E-state index is -3.81. The average Bonchev–Trinajstić information content (AvgIpc) is 2.39. The van der Waals surface area contributed by atoms with E-state index in [1.807, 2.05) is 0 Å². The molecule has 1 aromatic rings. The van der Waals surface area contributed by atoms with E-state index in [0.29, 0.717) is 19.6 Å². The van der Waals surface area contributed by atoms with Gasteiger partial charge in [0.1, 0.15) is 6.73 Å². The summed E-state index contributed by atoms with van der Waals surface area (Å²) >= 11 is 0. The zero-order valence-electron chi connectivity index (χ0n) is 9.57. The van der Waals surface area contributed by atoms with Crippen molar-refractivity contribution in [2.24, 2.45) is 0 Å². The lowest BCUT2D eigenvalue weighted by Crippen LogP contribution is -2.38. The number of carboxylic acid groups (broad SMARTS) is 1. The summed E-state index contributed by atoms with van der Waals surface area (Å²) in [4.78, 5) is 10.8. The molecule has 6 nitrogen and oxygen atoms in total. The number of sulfonamides is 1. The first-order chi connectivity index (χ1) is 8.53. The molecule has 98 valence electrons. The molecule has 0 atom stereocenters. The van der Waals surface area contributed by atoms with Gasteiger partial charge in [0.2, 0.25) is 10.0 Å². The number of benzene rings is 1. The maximum Gasteiger partial charge on any atom is 0.337 e. The van der Waals surface area contributed by atoms with Crippen LogP contribution in [-0.4, -0.2) is 43.7 Å². The Kier molecular flexibility index (Phi) is 3.65. The molecule has 1 aliphatic rings. The predicted molar refractivity (Wildman–Crippen MR) is 62.7 cm³/mol. The summed E-state index contributed by atoms with van der Waals surface area (Å²) in [6.45, 7) is 0.833. The second kappa shape index (κ2) is 5.05. The van der Waals surface area contributed by atoms with Crippen molar-refractivity contribution in [3.05, 3.63) is 29.8 Å². The molecule has 18 heavy (non-hydrogen) atoms. The van der Waals surface area contributed by atoms with E-state index in [1.165, 1.54) is 24.3 Å². The Morgan fingerprint density at radius 3 is 2.67 bits per heavy atom. The van der Waals surface area contributed by atoms with E-state index < -0.39 is 16.0 Å². The normalized spacial score (nSPS) is 17.6. The number of hydrogen-bond acceptors (Lipinski definition) is 4. The molecular formula is C11H13NO5S. The summed E-state index contributed by atoms with van der Waals surface area (Å²) in [6, 6.07) is 5.58. The van der Waals surface area contributed by atoms with Crippen molar-refractivity contribution in [2.75, 3.05) is 19.9 Å². The highest BCUT2D eigenvalue weighted by Gasteiger charge is 2.29. The van der Waals surface area contributed by atoms with Crippen LogP contribution in [-0.2, 0) is 14.8 Å². The first kappa shape index (κ1) is 13.0. The minimum Gasteiger partial charge on any atom is -0.478 e. The molecule has 1 aromatic carbocycles. The maximum absolute atomic E-state index is 12.3. The lowest BCUT2D eigenvalue weighted by Gasteiger charge is -2.26. The Bertz CT molecular complexity index is 548. The van der Waals surface area contributed by atoms with Crippen LogP contribution >= 0.6 is 0 Å². The zero-order valence-corrected chi connectivity index (χ0v) is 10.4. The third-order valence-electron chi connectivity index (χ3n) is 2.67. The Morgan fingerprint density at radius 2 is 2.06 bits per heavy atom. The van der Waals surface area contributed by atoms with Crippen LogP contribution in [0.3, 0.4) is 0 Å². The maximum atomic E-state index is 12.3. The first-order valence-corrected chi connectivity index (χ1v) is 6.87. The number of rotatable bonds is 3. The molecule has 1 saturated heterocycles. The van der Waals surface area contributed by atoms with E-state index in [1.54, 1.807) is 0 Å². The van der Waals surface area contributed by atoms with Crippen molar-refractivity contribution in [2.45, 2.75) is 11.3 Å². The fraction of sp³-hybridized carbons (Fsp3) is 0.364. The molecule has 0 bridgehead atoms. The van der Waals surface area contributed by atoms with Gasteiger partial charge in [-0.05, 0) is 18.6 Å². The number of hydrogen-bond donors (Lipinski definition) is 1. The first-order valence-electron chi connectivity index (χ1n) is 5.43. The van der Waals surface area contributed by atoms with Gasteiger partial charge in [-0.15, -0.1) is 0 Å². The molecule has 0 spiro atoms. The highest BCUT2D eigenvalue weighted by atomic mass is 32.2. The van der Waals surface area contributed by atoms with Crippen LogP contribution in [0.5, 0.6) is 0 Å². The molecule has 0 radical (unpaired) electrons. The number of carboxylic acids is 1. The van der Waals surface area contributed by atoms with Gasteiger partial charge >= 0.3 is 5.97 Å². The van der Waals surface area contributed by atoms with E-state index in [0.717, 1.165) is 4.31 Å². The van der Waals surface area contributed by atoms with Crippen LogP contribution in [0, 0.1) is 0 Å². The van der Waals surface area contributed by atoms with Crippen molar-refractivity contribution in [1.29, 1.82) is 0 Å². The molecule has 0 saturated carbocycles. The Labute approximate surface area is 105 Å². The van der Waals surface area contributed by atoms with E-state index >= 15 is 0 Å². The quantitative estimate of drug-likeness (QED) is 0.877. The van der Waals surface area contributed by atoms with Crippen LogP contribution in [0.1, 0.15) is 16.8 Å². The number of nitrogens with zero attached hydrogens (tertiary/aromatic N) is 1. The molecule has 0 aromatic heterocycles. The van der Waals surface area contributed by atoms with E-state index in [-0.39, 0.29) is 17.2 Å². The smallest absolute Gasteiger partial charge is 0.337 e. The van der Waals surface area contributed by atoms with Gasteiger partial charge in [-0.25, -0.2) is 13.2 Å². The lowest BCUT2D eigenvalue weighted by atomic mass is 10.2. The van der Waals surface area contributed by atoms with Crippen molar-refractivity contribution in [3.8, 4) is 0 Å². The second-order valence-corrected chi connectivity index (χ2v) is 5.78. The van der Waals surface area contributed by atoms with E-state index in [2.05, 4.69) is 0 Å². The summed E-state index contributed by atoms with van der Waals surface area (Å²) < 4.78 is 30.8. The molecule has 2 rings (SSSR count). The largest absolute Gasteiger partial charge is 0.478 e. The predicted octanol–water partition coefficient (Wildman–Crippen LogP) is 0.753. The third kappa shape index (κ3) is 2.38. The van der Waals surface area contributed by atoms with Crippen molar-refractivity contribution in [3.63, 3.8) is 0 Å². The van der Waals surface area contributed by atoms with Gasteiger partial charge in [0.15, 0.2) is 0 Å². The molecule has 1 N–H and O–H groups in total. The van der Waals surface area contributed by atoms with Gasteiger partial charge in [-0.1, -0.05) is 12.1 Å². The Morgan fingerprint density at radius 1 is 1.33 bits per heavy atom. The van der Waals surface area contributed by atoms with Crippen LogP contribution in [0.2, 0.25) is 0 Å². The standard InChI is InChI=1S/C11H13NO5S/c13-11(14)9-4-1-2-5-10(9)18(15,16)12-6-3-7-17-8-12/h1-2,4-5H,3,6-8H2,(H,13,14). The fourth-order valence-electron chi connectivity index (χ4n) is 1.77. The summed E-state index contributed by atoms with van der Waals surface area (Å²) in [5, 5.41) is 9.01. The van der Waals surface area contributed by atoms with E-state index in [4.69, 9.17) is 9.84 Å². The molecule has 7 heteroatoms. The minimum absolute atomic E-state index is 0.0315. The molecule has 0 aliphatic carbocycles. The van der Waals surface area contributed by atoms with Gasteiger partial charge in [-0.3, -0.25) is 0 Å². The van der Waals surface area contributed by atoms with Gasteiger partial charge in [0, 0.05) is 13.2 Å². The Balaban J connectivity index is 2.43. The second-order valence-electron chi connectivity index (χ2n) is 3.87. The third-order valence-corrected chi connectivity index (χ3v) is 4.55. The molecule has 0 amide bonds. The SMILES string of the molecule is O=C(O)c1ccccc1S(=O)(=O)N1CCCOC1. The fourth-order valence-corrected chi connectivity index (χ4v) is 3.32. The van der Waals surface area contributed by atoms with Crippen molar-refractivity contribution in [1.82, 2.24) is 4.31 Å². The van der Waals surface area contributed by atoms with Gasteiger partial charge in [0.25, 0.3) is 0 Å². The van der Waals surface area contributed by atoms with Crippen molar-refractivity contribution < 1.29 is 23.1 Å². The van der Waals surface area contributed by atoms with Crippen LogP contribution in [0.25, 0.3) is 0 Å².